The molecule has 0 radical (unpaired) electrons. The van der Waals surface area contributed by atoms with Gasteiger partial charge in [0.25, 0.3) is 0 Å². The van der Waals surface area contributed by atoms with E-state index in [1.807, 2.05) is 18.2 Å². The van der Waals surface area contributed by atoms with Crippen LogP contribution in [0.25, 0.3) is 0 Å². The minimum atomic E-state index is -3.59. The summed E-state index contributed by atoms with van der Waals surface area (Å²) in [6, 6.07) is 12.2. The molecule has 0 unspecified atom stereocenters. The van der Waals surface area contributed by atoms with Gasteiger partial charge in [-0.25, -0.2) is 13.1 Å². The van der Waals surface area contributed by atoms with E-state index in [1.165, 1.54) is 36.8 Å². The normalized spacial score (nSPS) is 13.4. The number of ether oxygens (including phenoxy) is 1. The fraction of sp³-hybridized carbons (Fsp3) is 0.417. The Kier molecular flexibility index (Phi) is 8.55. The molecule has 0 saturated carbocycles. The number of sulfonamides is 1. The van der Waals surface area contributed by atoms with E-state index in [0.717, 1.165) is 24.8 Å². The molecule has 32 heavy (non-hydrogen) atoms. The molecule has 2 aromatic rings. The van der Waals surface area contributed by atoms with Gasteiger partial charge < -0.3 is 10.1 Å². The van der Waals surface area contributed by atoms with E-state index in [9.17, 15) is 18.0 Å². The first-order chi connectivity index (χ1) is 15.4. The first-order valence-electron chi connectivity index (χ1n) is 10.9. The van der Waals surface area contributed by atoms with Gasteiger partial charge in [-0.15, -0.1) is 0 Å². The van der Waals surface area contributed by atoms with Gasteiger partial charge in [0, 0.05) is 38.6 Å². The monoisotopic (exact) mass is 458 g/mol. The van der Waals surface area contributed by atoms with Crippen LogP contribution in [-0.4, -0.2) is 40.4 Å². The van der Waals surface area contributed by atoms with Crippen molar-refractivity contribution in [2.24, 2.45) is 0 Å². The second-order valence-electron chi connectivity index (χ2n) is 7.93. The third kappa shape index (κ3) is 6.72. The van der Waals surface area contributed by atoms with Gasteiger partial charge in [0.05, 0.1) is 11.5 Å². The largest absolute Gasteiger partial charge is 0.383 e. The molecule has 8 heteroatoms. The summed E-state index contributed by atoms with van der Waals surface area (Å²) in [6.45, 7) is 0.752. The Bertz CT molecular complexity index is 1050. The molecule has 0 heterocycles. The van der Waals surface area contributed by atoms with E-state index in [0.29, 0.717) is 12.2 Å². The van der Waals surface area contributed by atoms with Crippen LogP contribution in [0.3, 0.4) is 0 Å². The summed E-state index contributed by atoms with van der Waals surface area (Å²) in [4.78, 5) is 24.8. The van der Waals surface area contributed by atoms with E-state index in [4.69, 9.17) is 4.74 Å². The maximum Gasteiger partial charge on any atom is 0.240 e. The van der Waals surface area contributed by atoms with E-state index in [1.54, 1.807) is 12.1 Å². The lowest BCUT2D eigenvalue weighted by Gasteiger charge is -2.16. The second-order valence-corrected chi connectivity index (χ2v) is 9.69. The third-order valence-electron chi connectivity index (χ3n) is 5.57. The molecular formula is C24H30N2O5S. The van der Waals surface area contributed by atoms with E-state index >= 15 is 0 Å². The highest BCUT2D eigenvalue weighted by molar-refractivity contribution is 7.89. The fourth-order valence-electron chi connectivity index (χ4n) is 3.72. The molecule has 2 aromatic carbocycles. The Morgan fingerprint density at radius 1 is 0.969 bits per heavy atom. The van der Waals surface area contributed by atoms with Crippen molar-refractivity contribution in [2.75, 3.05) is 20.3 Å². The van der Waals surface area contributed by atoms with Crippen molar-refractivity contribution < 1.29 is 22.7 Å². The molecule has 1 aliphatic carbocycles. The minimum absolute atomic E-state index is 0.0240. The number of benzene rings is 2. The average molecular weight is 459 g/mol. The molecule has 1 aliphatic rings. The molecule has 7 nitrogen and oxygen atoms in total. The maximum absolute atomic E-state index is 12.5. The quantitative estimate of drug-likeness (QED) is 0.398. The number of hydrogen-bond acceptors (Lipinski definition) is 5. The summed E-state index contributed by atoms with van der Waals surface area (Å²) < 4.78 is 31.6. The summed E-state index contributed by atoms with van der Waals surface area (Å²) in [5, 5.41) is 2.78. The van der Waals surface area contributed by atoms with Crippen LogP contribution in [0.5, 0.6) is 0 Å². The van der Waals surface area contributed by atoms with Crippen molar-refractivity contribution in [1.82, 2.24) is 10.0 Å². The molecule has 172 valence electrons. The highest BCUT2D eigenvalue weighted by Gasteiger charge is 2.15. The molecule has 2 N–H and O–H groups in total. The number of nitrogens with one attached hydrogen (secondary N) is 2. The van der Waals surface area contributed by atoms with Gasteiger partial charge in [0.2, 0.25) is 15.9 Å². The number of amides is 1. The average Bonchev–Trinajstić information content (AvgIpc) is 2.81. The highest BCUT2D eigenvalue weighted by atomic mass is 32.2. The summed E-state index contributed by atoms with van der Waals surface area (Å²) in [5.41, 5.74) is 4.03. The Hall–Kier alpha value is -2.55. The van der Waals surface area contributed by atoms with Crippen molar-refractivity contribution in [1.29, 1.82) is 0 Å². The van der Waals surface area contributed by atoms with Crippen molar-refractivity contribution in [2.45, 2.75) is 50.0 Å². The number of hydrogen-bond donors (Lipinski definition) is 2. The van der Waals surface area contributed by atoms with Gasteiger partial charge >= 0.3 is 0 Å². The van der Waals surface area contributed by atoms with Crippen molar-refractivity contribution in [3.63, 3.8) is 0 Å². The number of carbonyl (C=O) groups is 2. The number of carbonyl (C=O) groups excluding carboxylic acids is 2. The number of ketones is 1. The van der Waals surface area contributed by atoms with Gasteiger partial charge in [-0.2, -0.15) is 0 Å². The van der Waals surface area contributed by atoms with E-state index in [2.05, 4.69) is 10.0 Å². The fourth-order valence-corrected chi connectivity index (χ4v) is 4.73. The topological polar surface area (TPSA) is 102 Å². The van der Waals surface area contributed by atoms with Crippen LogP contribution in [0.2, 0.25) is 0 Å². The lowest BCUT2D eigenvalue weighted by atomic mass is 9.89. The number of fused-ring (bicyclic) bond motifs is 1. The Morgan fingerprint density at radius 3 is 2.41 bits per heavy atom. The van der Waals surface area contributed by atoms with Crippen molar-refractivity contribution in [3.05, 3.63) is 64.7 Å². The molecule has 0 fully saturated rings. The molecule has 0 aromatic heterocycles. The van der Waals surface area contributed by atoms with Gasteiger partial charge in [-0.3, -0.25) is 9.59 Å². The van der Waals surface area contributed by atoms with E-state index in [-0.39, 0.29) is 42.5 Å². The summed E-state index contributed by atoms with van der Waals surface area (Å²) >= 11 is 0. The zero-order valence-electron chi connectivity index (χ0n) is 18.4. The van der Waals surface area contributed by atoms with Crippen molar-refractivity contribution in [3.8, 4) is 0 Å². The van der Waals surface area contributed by atoms with Gasteiger partial charge in [0.15, 0.2) is 5.78 Å². The molecular weight excluding hydrogens is 428 g/mol. The number of methoxy groups -OCH3 is 1. The molecule has 0 bridgehead atoms. The predicted octanol–water partition coefficient (Wildman–Crippen LogP) is 2.77. The van der Waals surface area contributed by atoms with Crippen LogP contribution in [0.4, 0.5) is 0 Å². The molecule has 0 spiro atoms. The Morgan fingerprint density at radius 2 is 1.69 bits per heavy atom. The first-order valence-corrected chi connectivity index (χ1v) is 12.4. The minimum Gasteiger partial charge on any atom is -0.383 e. The third-order valence-corrected chi connectivity index (χ3v) is 7.05. The molecule has 0 atom stereocenters. The maximum atomic E-state index is 12.5. The van der Waals surface area contributed by atoms with Crippen molar-refractivity contribution >= 4 is 21.7 Å². The van der Waals surface area contributed by atoms with Crippen LogP contribution >= 0.6 is 0 Å². The summed E-state index contributed by atoms with van der Waals surface area (Å²) in [7, 11) is -2.08. The molecule has 0 saturated heterocycles. The SMILES string of the molecule is COCCNS(=O)(=O)c1ccc(CNC(=O)CCC(=O)c2ccc3c(c2)CCCC3)cc1. The molecule has 1 amide bonds. The number of rotatable bonds is 11. The number of aryl methyl sites for hydroxylation is 2. The zero-order chi connectivity index (χ0) is 23.0. The van der Waals surface area contributed by atoms with Crippen LogP contribution in [0.1, 0.15) is 52.7 Å². The standard InChI is InChI=1S/C24H30N2O5S/c1-31-15-14-26-32(29,30)22-10-6-18(7-11-22)17-25-24(28)13-12-23(27)21-9-8-19-4-2-3-5-20(19)16-21/h6-11,16,26H,2-5,12-15,17H2,1H3,(H,25,28). The van der Waals surface area contributed by atoms with Crippen LogP contribution in [0, 0.1) is 0 Å². The Labute approximate surface area is 189 Å². The van der Waals surface area contributed by atoms with Crippen LogP contribution < -0.4 is 10.0 Å². The number of Topliss-reactive ketones (excluding diaryl/α,β-unsaturated/α-hetero) is 1. The highest BCUT2D eigenvalue weighted by Crippen LogP contribution is 2.23. The second kappa shape index (κ2) is 11.4. The zero-order valence-corrected chi connectivity index (χ0v) is 19.2. The smallest absolute Gasteiger partial charge is 0.240 e. The lowest BCUT2D eigenvalue weighted by Crippen LogP contribution is -2.27. The molecule has 0 aliphatic heterocycles. The van der Waals surface area contributed by atoms with Crippen LogP contribution in [0.15, 0.2) is 47.4 Å². The predicted molar refractivity (Wildman–Crippen MR) is 122 cm³/mol. The lowest BCUT2D eigenvalue weighted by molar-refractivity contribution is -0.121. The summed E-state index contributed by atoms with van der Waals surface area (Å²) in [6.07, 6.45) is 4.72. The van der Waals surface area contributed by atoms with Gasteiger partial charge in [-0.05, 0) is 60.6 Å². The van der Waals surface area contributed by atoms with Gasteiger partial charge in [-0.1, -0.05) is 24.3 Å². The van der Waals surface area contributed by atoms with E-state index < -0.39 is 10.0 Å². The van der Waals surface area contributed by atoms with Crippen LogP contribution in [-0.2, 0) is 38.9 Å². The Balaban J connectivity index is 1.45. The molecule has 3 rings (SSSR count). The van der Waals surface area contributed by atoms with Gasteiger partial charge in [0.1, 0.15) is 0 Å². The first kappa shape index (κ1) is 24.1. The summed E-state index contributed by atoms with van der Waals surface area (Å²) in [5.74, 6) is -0.238.